The van der Waals surface area contributed by atoms with Crippen molar-refractivity contribution in [3.05, 3.63) is 41.1 Å². The highest BCUT2D eigenvalue weighted by Gasteiger charge is 2.19. The molecule has 0 bridgehead atoms. The van der Waals surface area contributed by atoms with Crippen LogP contribution < -0.4 is 5.32 Å². The molecule has 3 aromatic rings. The molecule has 0 aliphatic carbocycles. The minimum Gasteiger partial charge on any atom is -0.348 e. The first kappa shape index (κ1) is 18.9. The molecule has 0 unspecified atom stereocenters. The van der Waals surface area contributed by atoms with E-state index in [1.54, 1.807) is 21.8 Å². The maximum atomic E-state index is 13.4. The van der Waals surface area contributed by atoms with E-state index >= 15 is 0 Å². The fourth-order valence-corrected chi connectivity index (χ4v) is 3.01. The van der Waals surface area contributed by atoms with Crippen LogP contribution in [0.4, 0.5) is 14.7 Å². The first-order chi connectivity index (χ1) is 12.8. The van der Waals surface area contributed by atoms with Crippen molar-refractivity contribution in [1.82, 2.24) is 29.5 Å². The Bertz CT molecular complexity index is 945. The lowest BCUT2D eigenvalue weighted by Gasteiger charge is -2.15. The van der Waals surface area contributed by atoms with E-state index in [9.17, 15) is 8.78 Å². The van der Waals surface area contributed by atoms with E-state index in [1.165, 1.54) is 6.07 Å². The summed E-state index contributed by atoms with van der Waals surface area (Å²) in [4.78, 5) is 8.45. The third-order valence-electron chi connectivity index (χ3n) is 4.73. The molecule has 0 radical (unpaired) electrons. The van der Waals surface area contributed by atoms with Gasteiger partial charge in [0, 0.05) is 36.1 Å². The topological polar surface area (TPSA) is 73.5 Å². The number of hydrogen-bond acceptors (Lipinski definition) is 5. The third kappa shape index (κ3) is 3.67. The predicted octanol–water partition coefficient (Wildman–Crippen LogP) is 3.82. The van der Waals surface area contributed by atoms with Crippen molar-refractivity contribution >= 4 is 5.95 Å². The number of aromatic nitrogens is 6. The van der Waals surface area contributed by atoms with E-state index in [0.717, 1.165) is 22.5 Å². The summed E-state index contributed by atoms with van der Waals surface area (Å²) in [6.07, 6.45) is 0.708. The van der Waals surface area contributed by atoms with Gasteiger partial charge in [0.1, 0.15) is 5.69 Å². The van der Waals surface area contributed by atoms with Gasteiger partial charge in [-0.2, -0.15) is 10.2 Å². The highest BCUT2D eigenvalue weighted by molar-refractivity contribution is 5.63. The van der Waals surface area contributed by atoms with Crippen molar-refractivity contribution in [2.75, 3.05) is 5.32 Å². The van der Waals surface area contributed by atoms with Gasteiger partial charge < -0.3 is 5.32 Å². The SMILES string of the molecule is CCn1ncc(-c2cc(C(F)F)nc(N[C@H](C)c3cnn(C)c3C)n2)c1C. The van der Waals surface area contributed by atoms with Crippen LogP contribution >= 0.6 is 0 Å². The summed E-state index contributed by atoms with van der Waals surface area (Å²) in [6, 6.07) is 1.14. The Balaban J connectivity index is 1.99. The maximum absolute atomic E-state index is 13.4. The van der Waals surface area contributed by atoms with Gasteiger partial charge in [-0.05, 0) is 33.8 Å². The van der Waals surface area contributed by atoms with Crippen molar-refractivity contribution < 1.29 is 8.78 Å². The van der Waals surface area contributed by atoms with Gasteiger partial charge in [0.05, 0.1) is 24.1 Å². The summed E-state index contributed by atoms with van der Waals surface area (Å²) < 4.78 is 30.3. The van der Waals surface area contributed by atoms with Crippen LogP contribution in [0.3, 0.4) is 0 Å². The van der Waals surface area contributed by atoms with E-state index in [1.807, 2.05) is 34.7 Å². The zero-order chi connectivity index (χ0) is 19.7. The van der Waals surface area contributed by atoms with Gasteiger partial charge in [0.25, 0.3) is 6.43 Å². The lowest BCUT2D eigenvalue weighted by Crippen LogP contribution is -2.12. The molecule has 0 aliphatic heterocycles. The Kier molecular flexibility index (Phi) is 5.20. The Morgan fingerprint density at radius 1 is 1.11 bits per heavy atom. The van der Waals surface area contributed by atoms with Crippen molar-refractivity contribution in [3.8, 4) is 11.3 Å². The molecule has 144 valence electrons. The molecule has 0 fully saturated rings. The number of nitrogens with one attached hydrogen (secondary N) is 1. The molecule has 1 N–H and O–H groups in total. The van der Waals surface area contributed by atoms with Crippen LogP contribution in [0.2, 0.25) is 0 Å². The molecule has 0 saturated heterocycles. The van der Waals surface area contributed by atoms with E-state index in [4.69, 9.17) is 0 Å². The molecule has 0 aromatic carbocycles. The van der Waals surface area contributed by atoms with E-state index in [2.05, 4.69) is 25.5 Å². The summed E-state index contributed by atoms with van der Waals surface area (Å²) >= 11 is 0. The number of alkyl halides is 2. The second kappa shape index (κ2) is 7.42. The average molecular weight is 375 g/mol. The Labute approximate surface area is 156 Å². The lowest BCUT2D eigenvalue weighted by atomic mass is 10.1. The summed E-state index contributed by atoms with van der Waals surface area (Å²) in [5, 5.41) is 11.6. The monoisotopic (exact) mass is 375 g/mol. The maximum Gasteiger partial charge on any atom is 0.280 e. The molecular weight excluding hydrogens is 352 g/mol. The van der Waals surface area contributed by atoms with Gasteiger partial charge >= 0.3 is 0 Å². The normalized spacial score (nSPS) is 12.6. The first-order valence-electron chi connectivity index (χ1n) is 8.76. The minimum absolute atomic E-state index is 0.155. The van der Waals surface area contributed by atoms with Crippen LogP contribution in [0.25, 0.3) is 11.3 Å². The number of halogens is 2. The second-order valence-electron chi connectivity index (χ2n) is 6.44. The van der Waals surface area contributed by atoms with E-state index in [-0.39, 0.29) is 17.7 Å². The highest BCUT2D eigenvalue weighted by atomic mass is 19.3. The fourth-order valence-electron chi connectivity index (χ4n) is 3.01. The van der Waals surface area contributed by atoms with Crippen molar-refractivity contribution in [1.29, 1.82) is 0 Å². The van der Waals surface area contributed by atoms with Gasteiger partial charge in [-0.3, -0.25) is 9.36 Å². The van der Waals surface area contributed by atoms with E-state index in [0.29, 0.717) is 12.2 Å². The third-order valence-corrected chi connectivity index (χ3v) is 4.73. The second-order valence-corrected chi connectivity index (χ2v) is 6.44. The van der Waals surface area contributed by atoms with Gasteiger partial charge in [-0.1, -0.05) is 0 Å². The quantitative estimate of drug-likeness (QED) is 0.709. The zero-order valence-electron chi connectivity index (χ0n) is 16.0. The summed E-state index contributed by atoms with van der Waals surface area (Å²) in [6.45, 7) is 8.43. The van der Waals surface area contributed by atoms with Gasteiger partial charge in [0.15, 0.2) is 0 Å². The molecule has 27 heavy (non-hydrogen) atoms. The number of nitrogens with zero attached hydrogens (tertiary/aromatic N) is 6. The summed E-state index contributed by atoms with van der Waals surface area (Å²) in [5.74, 6) is 0.155. The van der Waals surface area contributed by atoms with Crippen LogP contribution in [-0.4, -0.2) is 29.5 Å². The fraction of sp³-hybridized carbons (Fsp3) is 0.444. The Morgan fingerprint density at radius 3 is 2.41 bits per heavy atom. The van der Waals surface area contributed by atoms with E-state index < -0.39 is 6.43 Å². The molecule has 3 rings (SSSR count). The van der Waals surface area contributed by atoms with Crippen LogP contribution in [0.15, 0.2) is 18.5 Å². The zero-order valence-corrected chi connectivity index (χ0v) is 16.0. The molecule has 9 heteroatoms. The molecule has 0 spiro atoms. The standard InChI is InChI=1S/C18H23F2N7/c1-6-27-12(4)14(9-22-27)15-7-16(17(19)20)25-18(24-15)23-10(2)13-8-21-26(5)11(13)3/h7-10,17H,6H2,1-5H3,(H,23,24,25)/t10-/m1/s1. The van der Waals surface area contributed by atoms with Crippen LogP contribution in [0.5, 0.6) is 0 Å². The summed E-state index contributed by atoms with van der Waals surface area (Å²) in [7, 11) is 1.85. The highest BCUT2D eigenvalue weighted by Crippen LogP contribution is 2.28. The van der Waals surface area contributed by atoms with Crippen LogP contribution in [-0.2, 0) is 13.6 Å². The van der Waals surface area contributed by atoms with Gasteiger partial charge in [0.2, 0.25) is 5.95 Å². The Morgan fingerprint density at radius 2 is 1.85 bits per heavy atom. The largest absolute Gasteiger partial charge is 0.348 e. The van der Waals surface area contributed by atoms with Crippen LogP contribution in [0, 0.1) is 13.8 Å². The van der Waals surface area contributed by atoms with Crippen molar-refractivity contribution in [2.24, 2.45) is 7.05 Å². The molecule has 0 amide bonds. The molecule has 7 nitrogen and oxygen atoms in total. The minimum atomic E-state index is -2.69. The smallest absolute Gasteiger partial charge is 0.280 e. The van der Waals surface area contributed by atoms with Gasteiger partial charge in [-0.15, -0.1) is 0 Å². The molecule has 0 aliphatic rings. The van der Waals surface area contributed by atoms with Crippen molar-refractivity contribution in [2.45, 2.75) is 46.7 Å². The first-order valence-corrected chi connectivity index (χ1v) is 8.76. The predicted molar refractivity (Wildman–Crippen MR) is 98.6 cm³/mol. The Hall–Kier alpha value is -2.84. The number of anilines is 1. The number of rotatable bonds is 6. The molecular formula is C18H23F2N7. The van der Waals surface area contributed by atoms with Crippen LogP contribution in [0.1, 0.15) is 49.0 Å². The molecule has 0 saturated carbocycles. The number of aryl methyl sites for hydroxylation is 2. The molecule has 1 atom stereocenters. The molecule has 3 aromatic heterocycles. The van der Waals surface area contributed by atoms with Gasteiger partial charge in [-0.25, -0.2) is 18.7 Å². The lowest BCUT2D eigenvalue weighted by molar-refractivity contribution is 0.146. The van der Waals surface area contributed by atoms with Crippen molar-refractivity contribution in [3.63, 3.8) is 0 Å². The molecule has 3 heterocycles. The average Bonchev–Trinajstić information content (AvgIpc) is 3.17. The summed E-state index contributed by atoms with van der Waals surface area (Å²) in [5.41, 5.74) is 3.64. The number of hydrogen-bond donors (Lipinski definition) is 1.